The maximum Gasteiger partial charge on any atom is 0.239 e. The lowest BCUT2D eigenvalue weighted by molar-refractivity contribution is -0.120. The minimum Gasteiger partial charge on any atom is -0.360 e. The summed E-state index contributed by atoms with van der Waals surface area (Å²) in [6.07, 6.45) is 0. The number of nitrogens with zero attached hydrogens (tertiary/aromatic N) is 3. The van der Waals surface area contributed by atoms with Crippen molar-refractivity contribution >= 4 is 28.9 Å². The van der Waals surface area contributed by atoms with E-state index in [1.165, 1.54) is 4.88 Å². The van der Waals surface area contributed by atoms with Crippen LogP contribution in [-0.2, 0) is 17.9 Å². The van der Waals surface area contributed by atoms with E-state index >= 15 is 0 Å². The summed E-state index contributed by atoms with van der Waals surface area (Å²) >= 11 is 1.71. The molecule has 0 atom stereocenters. The quantitative estimate of drug-likeness (QED) is 0.537. The highest BCUT2D eigenvalue weighted by atomic mass is 32.1. The molecule has 144 valence electrons. The molecule has 0 unspecified atom stereocenters. The van der Waals surface area contributed by atoms with E-state index in [0.717, 1.165) is 34.5 Å². The van der Waals surface area contributed by atoms with E-state index in [2.05, 4.69) is 55.1 Å². The molecule has 0 spiro atoms. The Morgan fingerprint density at radius 2 is 2.00 bits per heavy atom. The van der Waals surface area contributed by atoms with Gasteiger partial charge in [-0.2, -0.15) is 0 Å². The Labute approximate surface area is 163 Å². The summed E-state index contributed by atoms with van der Waals surface area (Å²) in [6.45, 7) is 7.41. The number of aliphatic imine (C=N–C) groups is 1. The lowest BCUT2D eigenvalue weighted by atomic mass is 10.2. The SMILES string of the molecule is CN=C(NCc1ccc(N2CCNC(=O)C2)cc1)NCc1sc(C)nc1C. The Bertz CT molecular complexity index is 814. The van der Waals surface area contributed by atoms with Crippen LogP contribution in [0.25, 0.3) is 0 Å². The van der Waals surface area contributed by atoms with Crippen LogP contribution in [0.2, 0.25) is 0 Å². The summed E-state index contributed by atoms with van der Waals surface area (Å²) in [4.78, 5) is 23.6. The number of carbonyl (C=O) groups excluding carboxylic acids is 1. The second kappa shape index (κ2) is 8.85. The van der Waals surface area contributed by atoms with Crippen LogP contribution in [0.5, 0.6) is 0 Å². The molecule has 1 fully saturated rings. The van der Waals surface area contributed by atoms with E-state index in [1.807, 2.05) is 13.8 Å². The molecule has 3 N–H and O–H groups in total. The first-order chi connectivity index (χ1) is 13.0. The van der Waals surface area contributed by atoms with Crippen LogP contribution in [0.4, 0.5) is 5.69 Å². The third-order valence-electron chi connectivity index (χ3n) is 4.44. The van der Waals surface area contributed by atoms with E-state index < -0.39 is 0 Å². The third kappa shape index (κ3) is 5.19. The first kappa shape index (κ1) is 19.2. The molecule has 7 nitrogen and oxygen atoms in total. The van der Waals surface area contributed by atoms with Crippen LogP contribution < -0.4 is 20.9 Å². The fourth-order valence-electron chi connectivity index (χ4n) is 2.99. The van der Waals surface area contributed by atoms with Gasteiger partial charge in [-0.15, -0.1) is 11.3 Å². The number of hydrogen-bond acceptors (Lipinski definition) is 5. The van der Waals surface area contributed by atoms with E-state index in [0.29, 0.717) is 26.2 Å². The predicted octanol–water partition coefficient (Wildman–Crippen LogP) is 1.56. The minimum absolute atomic E-state index is 0.0771. The summed E-state index contributed by atoms with van der Waals surface area (Å²) < 4.78 is 0. The minimum atomic E-state index is 0.0771. The van der Waals surface area contributed by atoms with Crippen LogP contribution in [-0.4, -0.2) is 43.5 Å². The molecular formula is C19H26N6OS. The highest BCUT2D eigenvalue weighted by molar-refractivity contribution is 7.11. The fraction of sp³-hybridized carbons (Fsp3) is 0.421. The van der Waals surface area contributed by atoms with Crippen molar-refractivity contribution in [3.05, 3.63) is 45.4 Å². The van der Waals surface area contributed by atoms with Gasteiger partial charge in [-0.25, -0.2) is 4.98 Å². The second-order valence-electron chi connectivity index (χ2n) is 6.46. The molecule has 27 heavy (non-hydrogen) atoms. The zero-order valence-corrected chi connectivity index (χ0v) is 16.8. The lowest BCUT2D eigenvalue weighted by Gasteiger charge is -2.28. The molecule has 1 aliphatic rings. The molecule has 1 aromatic heterocycles. The molecule has 1 aromatic carbocycles. The first-order valence-electron chi connectivity index (χ1n) is 9.03. The van der Waals surface area contributed by atoms with E-state index in [1.54, 1.807) is 18.4 Å². The molecule has 0 saturated carbocycles. The molecule has 8 heteroatoms. The predicted molar refractivity (Wildman–Crippen MR) is 110 cm³/mol. The number of aromatic nitrogens is 1. The smallest absolute Gasteiger partial charge is 0.239 e. The van der Waals surface area contributed by atoms with Crippen molar-refractivity contribution < 1.29 is 4.79 Å². The van der Waals surface area contributed by atoms with Crippen LogP contribution in [0.15, 0.2) is 29.3 Å². The van der Waals surface area contributed by atoms with Crippen molar-refractivity contribution in [1.29, 1.82) is 0 Å². The molecular weight excluding hydrogens is 360 g/mol. The number of aryl methyl sites for hydroxylation is 2. The molecule has 1 amide bonds. The van der Waals surface area contributed by atoms with Gasteiger partial charge in [0.1, 0.15) is 0 Å². The highest BCUT2D eigenvalue weighted by Crippen LogP contribution is 2.17. The van der Waals surface area contributed by atoms with Crippen LogP contribution >= 0.6 is 11.3 Å². The normalized spacial score (nSPS) is 14.9. The van der Waals surface area contributed by atoms with Crippen molar-refractivity contribution in [3.63, 3.8) is 0 Å². The van der Waals surface area contributed by atoms with Gasteiger partial charge in [-0.05, 0) is 31.5 Å². The average molecular weight is 387 g/mol. The van der Waals surface area contributed by atoms with E-state index in [9.17, 15) is 4.79 Å². The van der Waals surface area contributed by atoms with Crippen molar-refractivity contribution in [1.82, 2.24) is 20.9 Å². The number of anilines is 1. The van der Waals surface area contributed by atoms with Crippen molar-refractivity contribution in [3.8, 4) is 0 Å². The van der Waals surface area contributed by atoms with Crippen LogP contribution in [0, 0.1) is 13.8 Å². The van der Waals surface area contributed by atoms with Gasteiger partial charge in [0.15, 0.2) is 5.96 Å². The number of piperazine rings is 1. The Kier molecular flexibility index (Phi) is 6.28. The second-order valence-corrected chi connectivity index (χ2v) is 7.75. The topological polar surface area (TPSA) is 81.7 Å². The van der Waals surface area contributed by atoms with Crippen molar-refractivity contribution in [2.24, 2.45) is 4.99 Å². The van der Waals surface area contributed by atoms with Gasteiger partial charge in [0.05, 0.1) is 23.8 Å². The number of rotatable bonds is 5. The van der Waals surface area contributed by atoms with Gasteiger partial charge in [-0.3, -0.25) is 9.79 Å². The number of thiazole rings is 1. The first-order valence-corrected chi connectivity index (χ1v) is 9.85. The maximum atomic E-state index is 11.5. The molecule has 0 aliphatic carbocycles. The zero-order valence-electron chi connectivity index (χ0n) is 16.0. The highest BCUT2D eigenvalue weighted by Gasteiger charge is 2.16. The third-order valence-corrected chi connectivity index (χ3v) is 5.51. The number of amides is 1. The standard InChI is InChI=1S/C19H26N6OS/c1-13-17(27-14(2)24-13)11-23-19(20-3)22-10-15-4-6-16(7-5-15)25-9-8-21-18(26)12-25/h4-7H,8-12H2,1-3H3,(H,21,26)(H2,20,22,23). The molecule has 3 rings (SSSR count). The molecule has 1 saturated heterocycles. The van der Waals surface area contributed by atoms with Crippen molar-refractivity contribution in [2.45, 2.75) is 26.9 Å². The van der Waals surface area contributed by atoms with Crippen LogP contribution in [0.1, 0.15) is 21.1 Å². The lowest BCUT2D eigenvalue weighted by Crippen LogP contribution is -2.47. The molecule has 0 bridgehead atoms. The van der Waals surface area contributed by atoms with Gasteiger partial charge >= 0.3 is 0 Å². The fourth-order valence-corrected chi connectivity index (χ4v) is 3.87. The van der Waals surface area contributed by atoms with Crippen LogP contribution in [0.3, 0.4) is 0 Å². The Morgan fingerprint density at radius 1 is 1.26 bits per heavy atom. The summed E-state index contributed by atoms with van der Waals surface area (Å²) in [6, 6.07) is 8.29. The monoisotopic (exact) mass is 386 g/mol. The van der Waals surface area contributed by atoms with Gasteiger partial charge in [0.25, 0.3) is 0 Å². The Balaban J connectivity index is 1.50. The summed E-state index contributed by atoms with van der Waals surface area (Å²) in [7, 11) is 1.77. The Hall–Kier alpha value is -2.61. The molecule has 0 radical (unpaired) electrons. The number of hydrogen-bond donors (Lipinski definition) is 3. The summed E-state index contributed by atoms with van der Waals surface area (Å²) in [5, 5.41) is 10.6. The molecule has 1 aliphatic heterocycles. The summed E-state index contributed by atoms with van der Waals surface area (Å²) in [5.41, 5.74) is 3.31. The van der Waals surface area contributed by atoms with Gasteiger partial charge in [-0.1, -0.05) is 12.1 Å². The Morgan fingerprint density at radius 3 is 2.63 bits per heavy atom. The molecule has 2 heterocycles. The largest absolute Gasteiger partial charge is 0.360 e. The molecule has 2 aromatic rings. The van der Waals surface area contributed by atoms with Gasteiger partial charge in [0, 0.05) is 37.2 Å². The number of benzene rings is 1. The average Bonchev–Trinajstić information content (AvgIpc) is 2.99. The van der Waals surface area contributed by atoms with Gasteiger partial charge < -0.3 is 20.9 Å². The number of nitrogens with one attached hydrogen (secondary N) is 3. The van der Waals surface area contributed by atoms with E-state index in [-0.39, 0.29) is 5.91 Å². The van der Waals surface area contributed by atoms with E-state index in [4.69, 9.17) is 0 Å². The zero-order chi connectivity index (χ0) is 19.2. The van der Waals surface area contributed by atoms with Gasteiger partial charge in [0.2, 0.25) is 5.91 Å². The maximum absolute atomic E-state index is 11.5. The summed E-state index contributed by atoms with van der Waals surface area (Å²) in [5.74, 6) is 0.838. The number of carbonyl (C=O) groups is 1. The number of guanidine groups is 1. The van der Waals surface area contributed by atoms with Crippen molar-refractivity contribution in [2.75, 3.05) is 31.6 Å².